The normalized spacial score (nSPS) is 30.8. The number of ether oxygens (including phenoxy) is 4. The fourth-order valence-electron chi connectivity index (χ4n) is 4.37. The molecule has 1 aromatic rings. The number of carbonyl (C=O) groups excluding carboxylic acids is 2. The van der Waals surface area contributed by atoms with Crippen LogP contribution < -0.4 is 0 Å². The van der Waals surface area contributed by atoms with Gasteiger partial charge < -0.3 is 18.9 Å². The van der Waals surface area contributed by atoms with Gasteiger partial charge in [-0.15, -0.1) is 0 Å². The van der Waals surface area contributed by atoms with Gasteiger partial charge in [-0.3, -0.25) is 9.59 Å². The maximum absolute atomic E-state index is 12.7. The maximum atomic E-state index is 12.7. The number of esters is 1. The average molecular weight is 419 g/mol. The van der Waals surface area contributed by atoms with Gasteiger partial charge in [0.15, 0.2) is 0 Å². The highest BCUT2D eigenvalue weighted by Gasteiger charge is 2.34. The van der Waals surface area contributed by atoms with Gasteiger partial charge in [-0.1, -0.05) is 43.7 Å². The Kier molecular flexibility index (Phi) is 8.85. The monoisotopic (exact) mass is 418 g/mol. The molecule has 2 bridgehead atoms. The fraction of sp³-hybridized carbons (Fsp3) is 0.667. The molecule has 3 rings (SSSR count). The van der Waals surface area contributed by atoms with Crippen molar-refractivity contribution in [1.82, 2.24) is 0 Å². The lowest BCUT2D eigenvalue weighted by molar-refractivity contribution is -0.164. The lowest BCUT2D eigenvalue weighted by atomic mass is 9.93. The predicted molar refractivity (Wildman–Crippen MR) is 112 cm³/mol. The van der Waals surface area contributed by atoms with Gasteiger partial charge in [0, 0.05) is 39.2 Å². The molecule has 0 amide bonds. The van der Waals surface area contributed by atoms with E-state index in [1.165, 1.54) is 0 Å². The summed E-state index contributed by atoms with van der Waals surface area (Å²) < 4.78 is 23.5. The number of benzene rings is 1. The molecule has 2 saturated heterocycles. The molecule has 5 atom stereocenters. The van der Waals surface area contributed by atoms with E-state index >= 15 is 0 Å². The summed E-state index contributed by atoms with van der Waals surface area (Å²) in [4.78, 5) is 25.3. The van der Waals surface area contributed by atoms with Gasteiger partial charge in [0.25, 0.3) is 0 Å². The number of cyclic esters (lactones) is 1. The molecule has 0 saturated carbocycles. The lowest BCUT2D eigenvalue weighted by Gasteiger charge is -2.36. The van der Waals surface area contributed by atoms with E-state index in [1.807, 2.05) is 30.3 Å². The first-order valence-electron chi connectivity index (χ1n) is 11.1. The number of methoxy groups -OCH3 is 1. The molecule has 0 radical (unpaired) electrons. The van der Waals surface area contributed by atoms with Crippen LogP contribution in [0.2, 0.25) is 0 Å². The number of fused-ring (bicyclic) bond motifs is 2. The number of Topliss-reactive ketones (excluding diaryl/α,β-unsaturated/α-hetero) is 1. The summed E-state index contributed by atoms with van der Waals surface area (Å²) in [5.41, 5.74) is 1.10. The van der Waals surface area contributed by atoms with Crippen molar-refractivity contribution >= 4 is 11.8 Å². The Morgan fingerprint density at radius 3 is 2.40 bits per heavy atom. The molecular formula is C24H34O6. The molecule has 6 heteroatoms. The smallest absolute Gasteiger partial charge is 0.308 e. The Labute approximate surface area is 179 Å². The Morgan fingerprint density at radius 2 is 1.70 bits per heavy atom. The van der Waals surface area contributed by atoms with E-state index in [0.29, 0.717) is 38.7 Å². The van der Waals surface area contributed by atoms with Crippen molar-refractivity contribution in [2.75, 3.05) is 7.11 Å². The Morgan fingerprint density at radius 1 is 0.967 bits per heavy atom. The third-order valence-electron chi connectivity index (χ3n) is 5.84. The van der Waals surface area contributed by atoms with Crippen molar-refractivity contribution < 1.29 is 28.5 Å². The zero-order valence-electron chi connectivity index (χ0n) is 18.1. The Hall–Kier alpha value is -1.76. The first-order chi connectivity index (χ1) is 14.6. The van der Waals surface area contributed by atoms with E-state index < -0.39 is 0 Å². The van der Waals surface area contributed by atoms with E-state index in [2.05, 4.69) is 6.92 Å². The van der Waals surface area contributed by atoms with Gasteiger partial charge in [-0.05, 0) is 12.0 Å². The molecule has 1 aromatic carbocycles. The summed E-state index contributed by atoms with van der Waals surface area (Å²) in [6.07, 6.45) is 3.27. The van der Waals surface area contributed by atoms with Crippen LogP contribution >= 0.6 is 0 Å². The highest BCUT2D eigenvalue weighted by Crippen LogP contribution is 2.29. The second-order valence-corrected chi connectivity index (χ2v) is 8.42. The number of ketones is 1. The van der Waals surface area contributed by atoms with Crippen LogP contribution in [0.25, 0.3) is 0 Å². The molecule has 0 unspecified atom stereocenters. The number of carbonyl (C=O) groups is 2. The predicted octanol–water partition coefficient (Wildman–Crippen LogP) is 3.99. The van der Waals surface area contributed by atoms with Crippen molar-refractivity contribution in [2.24, 2.45) is 0 Å². The van der Waals surface area contributed by atoms with Crippen molar-refractivity contribution in [3.63, 3.8) is 0 Å². The zero-order chi connectivity index (χ0) is 21.3. The van der Waals surface area contributed by atoms with Crippen LogP contribution in [-0.4, -0.2) is 49.4 Å². The Balaban J connectivity index is 1.67. The molecule has 2 heterocycles. The van der Waals surface area contributed by atoms with Crippen LogP contribution in [0.5, 0.6) is 0 Å². The highest BCUT2D eigenvalue weighted by molar-refractivity contribution is 5.79. The zero-order valence-corrected chi connectivity index (χ0v) is 18.1. The van der Waals surface area contributed by atoms with Crippen LogP contribution in [0.1, 0.15) is 63.9 Å². The molecule has 0 aliphatic carbocycles. The molecule has 0 aromatic heterocycles. The van der Waals surface area contributed by atoms with Crippen molar-refractivity contribution in [2.45, 2.75) is 95.4 Å². The van der Waals surface area contributed by atoms with Crippen LogP contribution in [0, 0.1) is 0 Å². The van der Waals surface area contributed by atoms with E-state index in [0.717, 1.165) is 18.4 Å². The maximum Gasteiger partial charge on any atom is 0.308 e. The summed E-state index contributed by atoms with van der Waals surface area (Å²) in [6, 6.07) is 10.0. The van der Waals surface area contributed by atoms with E-state index in [9.17, 15) is 9.59 Å². The third-order valence-corrected chi connectivity index (χ3v) is 5.84. The molecular weight excluding hydrogens is 384 g/mol. The minimum atomic E-state index is -0.287. The van der Waals surface area contributed by atoms with E-state index in [-0.39, 0.29) is 48.7 Å². The average Bonchev–Trinajstić information content (AvgIpc) is 2.71. The second-order valence-electron chi connectivity index (χ2n) is 8.42. The van der Waals surface area contributed by atoms with Gasteiger partial charge in [-0.25, -0.2) is 0 Å². The molecule has 2 aliphatic rings. The van der Waals surface area contributed by atoms with Gasteiger partial charge >= 0.3 is 5.97 Å². The SMILES string of the molecule is CCC[C@H]1C[C@@H](OC)CC(=O)C[C@@H]2C[C@H](OCc3ccccc3)C[C@H](CC(=O)O1)O2. The minimum Gasteiger partial charge on any atom is -0.462 e. The summed E-state index contributed by atoms with van der Waals surface area (Å²) >= 11 is 0. The highest BCUT2D eigenvalue weighted by atomic mass is 16.6. The second kappa shape index (κ2) is 11.6. The third kappa shape index (κ3) is 7.18. The van der Waals surface area contributed by atoms with Crippen molar-refractivity contribution in [3.05, 3.63) is 35.9 Å². The van der Waals surface area contributed by atoms with E-state index in [4.69, 9.17) is 18.9 Å². The standard InChI is InChI=1S/C24H34O6/c1-3-7-19-12-20(27-2)10-18(25)11-22-13-21(14-23(29-22)15-24(26)30-19)28-16-17-8-5-4-6-9-17/h4-6,8-9,19-23H,3,7,10-16H2,1-2H3/t19-,20-,21-,22+,23+/m0/s1. The summed E-state index contributed by atoms with van der Waals surface area (Å²) in [6.45, 7) is 2.56. The molecule has 0 N–H and O–H groups in total. The van der Waals surface area contributed by atoms with Crippen molar-refractivity contribution in [3.8, 4) is 0 Å². The first kappa shape index (κ1) is 22.9. The summed E-state index contributed by atoms with van der Waals surface area (Å²) in [7, 11) is 1.61. The molecule has 0 spiro atoms. The van der Waals surface area contributed by atoms with Gasteiger partial charge in [0.1, 0.15) is 11.9 Å². The van der Waals surface area contributed by atoms with E-state index in [1.54, 1.807) is 7.11 Å². The topological polar surface area (TPSA) is 71.1 Å². The van der Waals surface area contributed by atoms with Crippen LogP contribution in [0.4, 0.5) is 0 Å². The molecule has 6 nitrogen and oxygen atoms in total. The number of rotatable bonds is 6. The van der Waals surface area contributed by atoms with Gasteiger partial charge in [-0.2, -0.15) is 0 Å². The van der Waals surface area contributed by atoms with Crippen molar-refractivity contribution in [1.29, 1.82) is 0 Å². The minimum absolute atomic E-state index is 0.0536. The van der Waals surface area contributed by atoms with Crippen LogP contribution in [-0.2, 0) is 35.1 Å². The number of hydrogen-bond donors (Lipinski definition) is 0. The molecule has 166 valence electrons. The Bertz CT molecular complexity index is 676. The quantitative estimate of drug-likeness (QED) is 0.651. The molecule has 2 fully saturated rings. The molecule has 2 aliphatic heterocycles. The summed E-state index contributed by atoms with van der Waals surface area (Å²) in [5.74, 6) is -0.126. The van der Waals surface area contributed by atoms with Gasteiger partial charge in [0.05, 0.1) is 37.4 Å². The largest absolute Gasteiger partial charge is 0.462 e. The summed E-state index contributed by atoms with van der Waals surface area (Å²) in [5, 5.41) is 0. The van der Waals surface area contributed by atoms with Crippen LogP contribution in [0.15, 0.2) is 30.3 Å². The van der Waals surface area contributed by atoms with Gasteiger partial charge in [0.2, 0.25) is 0 Å². The van der Waals surface area contributed by atoms with Crippen LogP contribution in [0.3, 0.4) is 0 Å². The first-order valence-corrected chi connectivity index (χ1v) is 11.1. The number of hydrogen-bond acceptors (Lipinski definition) is 6. The fourth-order valence-corrected chi connectivity index (χ4v) is 4.37. The lowest BCUT2D eigenvalue weighted by Crippen LogP contribution is -2.40. The molecule has 30 heavy (non-hydrogen) atoms.